The third kappa shape index (κ3) is 1.69. The van der Waals surface area contributed by atoms with E-state index >= 15 is 0 Å². The van der Waals surface area contributed by atoms with Gasteiger partial charge in [0.2, 0.25) is 0 Å². The van der Waals surface area contributed by atoms with E-state index in [1.807, 2.05) is 11.3 Å². The quantitative estimate of drug-likeness (QED) is 0.458. The highest BCUT2D eigenvalue weighted by atomic mass is 32.1. The Morgan fingerprint density at radius 2 is 1.45 bits per heavy atom. The van der Waals surface area contributed by atoms with Crippen molar-refractivity contribution in [1.82, 2.24) is 0 Å². The largest absolute Gasteiger partial charge is 0.378 e. The van der Waals surface area contributed by atoms with Crippen molar-refractivity contribution in [3.8, 4) is 0 Å². The van der Waals surface area contributed by atoms with Crippen LogP contribution in [0.2, 0.25) is 0 Å². The molecule has 0 aliphatic rings. The fraction of sp³-hybridized carbons (Fsp3) is 0.111. The van der Waals surface area contributed by atoms with Gasteiger partial charge in [0.05, 0.1) is 0 Å². The molecule has 98 valence electrons. The fourth-order valence-electron chi connectivity index (χ4n) is 2.73. The van der Waals surface area contributed by atoms with Gasteiger partial charge in [0.15, 0.2) is 0 Å². The molecule has 4 aromatic rings. The number of hydrogen-bond acceptors (Lipinski definition) is 2. The van der Waals surface area contributed by atoms with Gasteiger partial charge in [-0.05, 0) is 41.1 Å². The summed E-state index contributed by atoms with van der Waals surface area (Å²) < 4.78 is 2.73. The molecule has 0 saturated carbocycles. The molecule has 2 heteroatoms. The highest BCUT2D eigenvalue weighted by Gasteiger charge is 2.08. The zero-order valence-electron chi connectivity index (χ0n) is 11.6. The van der Waals surface area contributed by atoms with Crippen molar-refractivity contribution in [3.63, 3.8) is 0 Å². The zero-order chi connectivity index (χ0) is 13.7. The molecule has 1 heterocycles. The van der Waals surface area contributed by atoms with Gasteiger partial charge < -0.3 is 4.90 Å². The minimum Gasteiger partial charge on any atom is -0.378 e. The first-order valence-corrected chi connectivity index (χ1v) is 7.56. The summed E-state index contributed by atoms with van der Waals surface area (Å²) in [4.78, 5) is 2.16. The normalized spacial score (nSPS) is 11.5. The molecule has 4 rings (SSSR count). The Morgan fingerprint density at radius 3 is 2.20 bits per heavy atom. The van der Waals surface area contributed by atoms with Gasteiger partial charge in [0.1, 0.15) is 0 Å². The molecule has 1 aromatic heterocycles. The van der Waals surface area contributed by atoms with Crippen LogP contribution in [0, 0.1) is 0 Å². The van der Waals surface area contributed by atoms with Crippen molar-refractivity contribution in [2.45, 2.75) is 0 Å². The van der Waals surface area contributed by atoms with Crippen molar-refractivity contribution in [3.05, 3.63) is 54.6 Å². The van der Waals surface area contributed by atoms with Crippen molar-refractivity contribution in [2.24, 2.45) is 0 Å². The SMILES string of the molecule is CN(C)c1ccc2sc3cc4ccccc4cc3c2c1. The Morgan fingerprint density at radius 1 is 0.750 bits per heavy atom. The van der Waals surface area contributed by atoms with E-state index in [1.165, 1.54) is 36.6 Å². The van der Waals surface area contributed by atoms with Gasteiger partial charge in [-0.25, -0.2) is 0 Å². The smallest absolute Gasteiger partial charge is 0.0368 e. The van der Waals surface area contributed by atoms with Gasteiger partial charge in [0, 0.05) is 40.0 Å². The number of fused-ring (bicyclic) bond motifs is 4. The highest BCUT2D eigenvalue weighted by molar-refractivity contribution is 7.25. The van der Waals surface area contributed by atoms with Gasteiger partial charge in [-0.1, -0.05) is 24.3 Å². The first-order chi connectivity index (χ1) is 9.72. The second-order valence-corrected chi connectivity index (χ2v) is 6.46. The van der Waals surface area contributed by atoms with Crippen LogP contribution in [-0.4, -0.2) is 14.1 Å². The second-order valence-electron chi connectivity index (χ2n) is 5.37. The Labute approximate surface area is 122 Å². The Kier molecular flexibility index (Phi) is 2.48. The van der Waals surface area contributed by atoms with Crippen LogP contribution in [-0.2, 0) is 0 Å². The third-order valence-electron chi connectivity index (χ3n) is 3.84. The number of hydrogen-bond donors (Lipinski definition) is 0. The summed E-state index contributed by atoms with van der Waals surface area (Å²) in [5, 5.41) is 5.36. The molecule has 0 unspecified atom stereocenters. The average molecular weight is 277 g/mol. The molecule has 0 spiro atoms. The van der Waals surface area contributed by atoms with Crippen molar-refractivity contribution < 1.29 is 0 Å². The van der Waals surface area contributed by atoms with Crippen LogP contribution >= 0.6 is 11.3 Å². The highest BCUT2D eigenvalue weighted by Crippen LogP contribution is 2.37. The van der Waals surface area contributed by atoms with Crippen LogP contribution in [0.4, 0.5) is 5.69 Å². The number of nitrogens with zero attached hydrogens (tertiary/aromatic N) is 1. The lowest BCUT2D eigenvalue weighted by Crippen LogP contribution is -2.07. The van der Waals surface area contributed by atoms with E-state index in [2.05, 4.69) is 73.6 Å². The van der Waals surface area contributed by atoms with Crippen LogP contribution in [0.15, 0.2) is 54.6 Å². The molecule has 0 N–H and O–H groups in total. The molecule has 0 atom stereocenters. The summed E-state index contributed by atoms with van der Waals surface area (Å²) >= 11 is 1.88. The summed E-state index contributed by atoms with van der Waals surface area (Å²) in [6.45, 7) is 0. The molecule has 0 amide bonds. The van der Waals surface area contributed by atoms with Crippen LogP contribution in [0.5, 0.6) is 0 Å². The summed E-state index contributed by atoms with van der Waals surface area (Å²) in [6, 6.07) is 19.9. The molecule has 0 fully saturated rings. The van der Waals surface area contributed by atoms with Gasteiger partial charge >= 0.3 is 0 Å². The first-order valence-electron chi connectivity index (χ1n) is 6.75. The lowest BCUT2D eigenvalue weighted by Gasteiger charge is -2.11. The predicted octanol–water partition coefficient (Wildman–Crippen LogP) is 5.27. The minimum absolute atomic E-state index is 1.25. The zero-order valence-corrected chi connectivity index (χ0v) is 12.4. The van der Waals surface area contributed by atoms with E-state index in [1.54, 1.807) is 0 Å². The summed E-state index contributed by atoms with van der Waals surface area (Å²) in [5.41, 5.74) is 1.25. The standard InChI is InChI=1S/C18H15NS/c1-19(2)14-7-8-17-16(11-14)15-9-12-5-3-4-6-13(12)10-18(15)20-17/h3-11H,1-2H3. The number of benzene rings is 3. The van der Waals surface area contributed by atoms with E-state index < -0.39 is 0 Å². The summed E-state index contributed by atoms with van der Waals surface area (Å²) in [5.74, 6) is 0. The topological polar surface area (TPSA) is 3.24 Å². The molecule has 0 bridgehead atoms. The average Bonchev–Trinajstić information content (AvgIpc) is 2.81. The molecule has 20 heavy (non-hydrogen) atoms. The van der Waals surface area contributed by atoms with Crippen molar-refractivity contribution in [2.75, 3.05) is 19.0 Å². The maximum absolute atomic E-state index is 2.32. The van der Waals surface area contributed by atoms with Gasteiger partial charge in [-0.2, -0.15) is 0 Å². The molecular weight excluding hydrogens is 262 g/mol. The van der Waals surface area contributed by atoms with Crippen LogP contribution in [0.25, 0.3) is 30.9 Å². The molecule has 1 nitrogen and oxygen atoms in total. The number of rotatable bonds is 1. The van der Waals surface area contributed by atoms with E-state index in [9.17, 15) is 0 Å². The third-order valence-corrected chi connectivity index (χ3v) is 4.97. The number of thiophene rings is 1. The molecule has 0 aliphatic carbocycles. The summed E-state index contributed by atoms with van der Waals surface area (Å²) in [7, 11) is 4.18. The van der Waals surface area contributed by atoms with E-state index in [0.717, 1.165) is 0 Å². The number of anilines is 1. The summed E-state index contributed by atoms with van der Waals surface area (Å²) in [6.07, 6.45) is 0. The maximum atomic E-state index is 2.32. The molecule has 3 aromatic carbocycles. The van der Waals surface area contributed by atoms with E-state index in [4.69, 9.17) is 0 Å². The monoisotopic (exact) mass is 277 g/mol. The van der Waals surface area contributed by atoms with Crippen LogP contribution in [0.3, 0.4) is 0 Å². The van der Waals surface area contributed by atoms with Crippen molar-refractivity contribution >= 4 is 48.0 Å². The van der Waals surface area contributed by atoms with E-state index in [-0.39, 0.29) is 0 Å². The molecule has 0 saturated heterocycles. The van der Waals surface area contributed by atoms with Gasteiger partial charge in [-0.15, -0.1) is 11.3 Å². The lowest BCUT2D eigenvalue weighted by molar-refractivity contribution is 1.14. The lowest BCUT2D eigenvalue weighted by atomic mass is 10.1. The Bertz CT molecular complexity index is 934. The molecule has 0 aliphatic heterocycles. The first kappa shape index (κ1) is 11.7. The Balaban J connectivity index is 2.13. The van der Waals surface area contributed by atoms with Gasteiger partial charge in [0.25, 0.3) is 0 Å². The second kappa shape index (κ2) is 4.22. The van der Waals surface area contributed by atoms with E-state index in [0.29, 0.717) is 0 Å². The van der Waals surface area contributed by atoms with Gasteiger partial charge in [-0.3, -0.25) is 0 Å². The Hall–Kier alpha value is -2.06. The predicted molar refractivity (Wildman–Crippen MR) is 91.2 cm³/mol. The molecule has 0 radical (unpaired) electrons. The van der Waals surface area contributed by atoms with Crippen molar-refractivity contribution in [1.29, 1.82) is 0 Å². The fourth-order valence-corrected chi connectivity index (χ4v) is 3.84. The van der Waals surface area contributed by atoms with Crippen LogP contribution in [0.1, 0.15) is 0 Å². The maximum Gasteiger partial charge on any atom is 0.0368 e. The molecular formula is C18H15NS. The van der Waals surface area contributed by atoms with Crippen LogP contribution < -0.4 is 4.90 Å². The minimum atomic E-state index is 1.25.